The first kappa shape index (κ1) is 24.6. The first-order chi connectivity index (χ1) is 14.6. The Morgan fingerprint density at radius 2 is 1.66 bits per heavy atom. The van der Waals surface area contributed by atoms with Crippen molar-refractivity contribution in [3.05, 3.63) is 65.1 Å². The average Bonchev–Trinajstić information content (AvgIpc) is 2.65. The van der Waals surface area contributed by atoms with E-state index in [1.54, 1.807) is 0 Å². The third-order valence-electron chi connectivity index (χ3n) is 5.24. The van der Waals surface area contributed by atoms with Gasteiger partial charge in [-0.1, -0.05) is 40.2 Å². The lowest BCUT2D eigenvalue weighted by Crippen LogP contribution is -2.75. The van der Waals surface area contributed by atoms with Crippen molar-refractivity contribution >= 4 is 27.7 Å². The van der Waals surface area contributed by atoms with Gasteiger partial charge in [-0.25, -0.2) is 4.39 Å². The molecule has 3 rings (SSSR count). The molecule has 0 saturated carbocycles. The van der Waals surface area contributed by atoms with Gasteiger partial charge in [-0.15, -0.1) is 0 Å². The van der Waals surface area contributed by atoms with Gasteiger partial charge < -0.3 is 14.6 Å². The fourth-order valence-electron chi connectivity index (χ4n) is 3.94. The van der Waals surface area contributed by atoms with Gasteiger partial charge in [0.1, 0.15) is 12.2 Å². The summed E-state index contributed by atoms with van der Waals surface area (Å²) in [6, 6.07) is 2.40. The number of para-hydroxylation sites is 1. The zero-order valence-corrected chi connectivity index (χ0v) is 17.2. The minimum atomic E-state index is -6.59. The fraction of sp³-hybridized carbons (Fsp3) is 0.368. The van der Waals surface area contributed by atoms with Crippen LogP contribution in [0.15, 0.2) is 54.3 Å². The van der Waals surface area contributed by atoms with E-state index < -0.39 is 51.9 Å². The van der Waals surface area contributed by atoms with Crippen molar-refractivity contribution in [3.63, 3.8) is 0 Å². The Hall–Kier alpha value is -1.99. The summed E-state index contributed by atoms with van der Waals surface area (Å²) in [5, 5.41) is 14.0. The molecule has 0 N–H and O–H groups in total. The zero-order chi connectivity index (χ0) is 24.2. The zero-order valence-electron chi connectivity index (χ0n) is 15.6. The highest BCUT2D eigenvalue weighted by molar-refractivity contribution is 9.10. The molecule has 13 heteroatoms. The molecule has 0 fully saturated rings. The summed E-state index contributed by atoms with van der Waals surface area (Å²) >= 11 is 2.20. The molecule has 0 radical (unpaired) electrons. The van der Waals surface area contributed by atoms with Gasteiger partial charge in [0.2, 0.25) is 0 Å². The first-order valence-electron chi connectivity index (χ1n) is 8.80. The Labute approximate surface area is 183 Å². The van der Waals surface area contributed by atoms with Crippen LogP contribution in [0.4, 0.5) is 45.2 Å². The molecule has 3 unspecified atom stereocenters. The quantitative estimate of drug-likeness (QED) is 0.189. The van der Waals surface area contributed by atoms with Crippen LogP contribution in [0, 0.1) is 5.21 Å². The third-order valence-corrected chi connectivity index (χ3v) is 6.48. The van der Waals surface area contributed by atoms with Gasteiger partial charge in [-0.2, -0.15) is 35.1 Å². The highest BCUT2D eigenvalue weighted by atomic mass is 79.9. The molecular formula is C19H13BrF9NO2. The van der Waals surface area contributed by atoms with Crippen LogP contribution in [0.3, 0.4) is 0 Å². The number of allylic oxidation sites excluding steroid dienone is 2. The van der Waals surface area contributed by atoms with Gasteiger partial charge in [-0.3, -0.25) is 0 Å². The number of hydroxylamine groups is 2. The standard InChI is InChI=1S/C19H13BrF9NO2/c20-16(17(23,18(24,25)26)19(27,28)29)9-3-8-13(32-15(21)22)14(16)30(31)10-4-6-11-5-1-2-7-12(11)30/h1-9,14-15H,10H2. The Morgan fingerprint density at radius 3 is 2.22 bits per heavy atom. The van der Waals surface area contributed by atoms with Gasteiger partial charge in [0.15, 0.2) is 16.1 Å². The van der Waals surface area contributed by atoms with Crippen molar-refractivity contribution < 1.29 is 44.3 Å². The van der Waals surface area contributed by atoms with E-state index in [0.717, 1.165) is 12.1 Å². The highest BCUT2D eigenvalue weighted by Gasteiger charge is 2.84. The first-order valence-corrected chi connectivity index (χ1v) is 9.59. The number of hydrogen-bond acceptors (Lipinski definition) is 2. The number of fused-ring (bicyclic) bond motifs is 1. The van der Waals surface area contributed by atoms with E-state index in [4.69, 9.17) is 0 Å². The molecule has 1 aliphatic carbocycles. The van der Waals surface area contributed by atoms with Gasteiger partial charge in [0.25, 0.3) is 0 Å². The summed E-state index contributed by atoms with van der Waals surface area (Å²) in [7, 11) is 0. The van der Waals surface area contributed by atoms with Crippen LogP contribution in [0.25, 0.3) is 6.08 Å². The minimum Gasteiger partial charge on any atom is -0.627 e. The molecule has 0 aromatic heterocycles. The molecule has 1 heterocycles. The molecule has 176 valence electrons. The second-order valence-electron chi connectivity index (χ2n) is 7.07. The molecule has 1 aromatic rings. The van der Waals surface area contributed by atoms with Crippen LogP contribution < -0.4 is 4.65 Å². The van der Waals surface area contributed by atoms with E-state index in [-0.39, 0.29) is 17.3 Å². The number of hydrogen-bond donors (Lipinski definition) is 0. The summed E-state index contributed by atoms with van der Waals surface area (Å²) in [5.74, 6) is -1.24. The Kier molecular flexibility index (Phi) is 6.01. The van der Waals surface area contributed by atoms with Crippen molar-refractivity contribution in [3.8, 4) is 0 Å². The third kappa shape index (κ3) is 3.54. The average molecular weight is 538 g/mol. The number of nitrogens with zero attached hydrogens (tertiary/aromatic N) is 1. The lowest BCUT2D eigenvalue weighted by molar-refractivity contribution is -0.349. The lowest BCUT2D eigenvalue weighted by Gasteiger charge is -2.57. The number of ether oxygens (including phenoxy) is 1. The topological polar surface area (TPSA) is 32.3 Å². The second-order valence-corrected chi connectivity index (χ2v) is 8.38. The summed E-state index contributed by atoms with van der Waals surface area (Å²) in [5.41, 5.74) is -6.29. The normalized spacial score (nSPS) is 28.5. The number of halogens is 10. The summed E-state index contributed by atoms with van der Waals surface area (Å²) in [6.45, 7) is -4.49. The van der Waals surface area contributed by atoms with Crippen LogP contribution in [-0.4, -0.2) is 41.5 Å². The number of benzene rings is 1. The van der Waals surface area contributed by atoms with Crippen LogP contribution in [0.2, 0.25) is 0 Å². The van der Waals surface area contributed by atoms with Crippen molar-refractivity contribution in [2.24, 2.45) is 0 Å². The molecule has 3 nitrogen and oxygen atoms in total. The van der Waals surface area contributed by atoms with Crippen LogP contribution in [0.5, 0.6) is 0 Å². The van der Waals surface area contributed by atoms with Gasteiger partial charge >= 0.3 is 24.6 Å². The molecule has 32 heavy (non-hydrogen) atoms. The maximum atomic E-state index is 15.4. The van der Waals surface area contributed by atoms with Crippen LogP contribution in [-0.2, 0) is 4.74 Å². The van der Waals surface area contributed by atoms with Crippen LogP contribution >= 0.6 is 15.9 Å². The highest BCUT2D eigenvalue weighted by Crippen LogP contribution is 2.61. The Balaban J connectivity index is 2.35. The number of alkyl halides is 10. The van der Waals surface area contributed by atoms with E-state index in [1.165, 1.54) is 24.3 Å². The molecule has 3 atom stereocenters. The lowest BCUT2D eigenvalue weighted by atomic mass is 9.77. The van der Waals surface area contributed by atoms with Crippen LogP contribution in [0.1, 0.15) is 5.56 Å². The van der Waals surface area contributed by atoms with Gasteiger partial charge in [0, 0.05) is 11.6 Å². The molecule has 2 aliphatic rings. The van der Waals surface area contributed by atoms with Crippen molar-refractivity contribution in [2.45, 2.75) is 35.0 Å². The maximum absolute atomic E-state index is 15.4. The smallest absolute Gasteiger partial charge is 0.433 e. The second kappa shape index (κ2) is 7.80. The molecular weight excluding hydrogens is 525 g/mol. The molecule has 0 amide bonds. The van der Waals surface area contributed by atoms with E-state index in [9.17, 15) is 40.3 Å². The van der Waals surface area contributed by atoms with E-state index in [2.05, 4.69) is 20.7 Å². The fourth-order valence-corrected chi connectivity index (χ4v) is 5.10. The van der Waals surface area contributed by atoms with E-state index in [0.29, 0.717) is 12.2 Å². The van der Waals surface area contributed by atoms with E-state index in [1.807, 2.05) is 0 Å². The molecule has 1 aromatic carbocycles. The maximum Gasteiger partial charge on any atom is 0.433 e. The predicted molar refractivity (Wildman–Crippen MR) is 101 cm³/mol. The number of rotatable bonds is 4. The Morgan fingerprint density at radius 1 is 1.06 bits per heavy atom. The summed E-state index contributed by atoms with van der Waals surface area (Å²) in [6.07, 6.45) is -9.40. The Bertz CT molecular complexity index is 958. The van der Waals surface area contributed by atoms with Crippen molar-refractivity contribution in [1.82, 2.24) is 4.65 Å². The summed E-state index contributed by atoms with van der Waals surface area (Å²) < 4.78 is 122. The monoisotopic (exact) mass is 537 g/mol. The molecule has 0 spiro atoms. The van der Waals surface area contributed by atoms with Gasteiger partial charge in [-0.05, 0) is 24.3 Å². The largest absolute Gasteiger partial charge is 0.627 e. The minimum absolute atomic E-state index is 0.109. The van der Waals surface area contributed by atoms with E-state index >= 15 is 4.39 Å². The molecule has 1 aliphatic heterocycles. The molecule has 0 bridgehead atoms. The van der Waals surface area contributed by atoms with Crippen molar-refractivity contribution in [1.29, 1.82) is 0 Å². The number of quaternary nitrogens is 1. The predicted octanol–water partition coefficient (Wildman–Crippen LogP) is 6.55. The summed E-state index contributed by atoms with van der Waals surface area (Å²) in [4.78, 5) is 0. The molecule has 0 saturated heterocycles. The van der Waals surface area contributed by atoms with Crippen molar-refractivity contribution in [2.75, 3.05) is 6.54 Å². The van der Waals surface area contributed by atoms with Gasteiger partial charge in [0.05, 0.1) is 0 Å². The SMILES string of the molecule is [O-][N+]1(C2C(OC(F)F)=CC=CC2(Br)C(F)(C(F)(F)F)C(F)(F)F)CC=Cc2ccccc21.